The minimum Gasteiger partial charge on any atom is -0.616 e. The minimum atomic E-state index is -0.916. The van der Waals surface area contributed by atoms with Gasteiger partial charge in [0, 0.05) is 18.0 Å². The Bertz CT molecular complexity index is 416. The maximum Gasteiger partial charge on any atom is 0.147 e. The minimum absolute atomic E-state index is 0.0518. The highest BCUT2D eigenvalue weighted by Crippen LogP contribution is 2.35. The Labute approximate surface area is 112 Å². The molecule has 3 unspecified atom stereocenters. The van der Waals surface area contributed by atoms with E-state index in [1.807, 2.05) is 30.4 Å². The molecule has 0 aromatic heterocycles. The van der Waals surface area contributed by atoms with Crippen LogP contribution in [0.25, 0.3) is 0 Å². The van der Waals surface area contributed by atoms with Gasteiger partial charge in [0.2, 0.25) is 0 Å². The average molecular weight is 261 g/mol. The summed E-state index contributed by atoms with van der Waals surface area (Å²) in [7, 11) is 0. The topological polar surface area (TPSA) is 49.1 Å². The normalized spacial score (nSPS) is 21.8. The highest BCUT2D eigenvalue weighted by Gasteiger charge is 2.31. The van der Waals surface area contributed by atoms with Crippen molar-refractivity contribution in [3.05, 3.63) is 60.2 Å². The molecular weight excluding hydrogens is 242 g/mol. The van der Waals surface area contributed by atoms with Crippen LogP contribution in [-0.2, 0) is 11.2 Å². The van der Waals surface area contributed by atoms with Crippen LogP contribution >= 0.6 is 0 Å². The largest absolute Gasteiger partial charge is 0.616 e. The predicted octanol–water partition coefficient (Wildman–Crippen LogP) is 2.57. The lowest BCUT2D eigenvalue weighted by Gasteiger charge is -2.28. The van der Waals surface area contributed by atoms with Gasteiger partial charge >= 0.3 is 0 Å². The summed E-state index contributed by atoms with van der Waals surface area (Å²) in [4.78, 5) is 0. The lowest BCUT2D eigenvalue weighted by molar-refractivity contribution is 0.543. The Morgan fingerprint density at radius 3 is 2.67 bits per heavy atom. The molecule has 1 aromatic carbocycles. The van der Waals surface area contributed by atoms with Crippen LogP contribution in [0.5, 0.6) is 0 Å². The van der Waals surface area contributed by atoms with Gasteiger partial charge in [0.1, 0.15) is 11.0 Å². The van der Waals surface area contributed by atoms with Gasteiger partial charge < -0.3 is 10.3 Å². The molecule has 0 saturated carbocycles. The van der Waals surface area contributed by atoms with Crippen LogP contribution in [0.15, 0.2) is 54.6 Å². The molecule has 18 heavy (non-hydrogen) atoms. The van der Waals surface area contributed by atoms with Crippen molar-refractivity contribution in [1.82, 2.24) is 0 Å². The van der Waals surface area contributed by atoms with Crippen molar-refractivity contribution >= 4 is 11.2 Å². The Balaban J connectivity index is 2.22. The molecular formula is C15H19NOS. The molecule has 2 rings (SSSR count). The number of nitrogens with two attached hydrogens (primary N) is 1. The van der Waals surface area contributed by atoms with Crippen LogP contribution in [0.1, 0.15) is 17.2 Å². The predicted molar refractivity (Wildman–Crippen MR) is 77.6 cm³/mol. The standard InChI is InChI=1S/C15H19NOS/c16-11-12-18(17)15(13-7-3-1-4-8-13)14-9-5-2-6-10-14/h1-9,14-15H,10-12,16H2. The van der Waals surface area contributed by atoms with Crippen LogP contribution in [0.2, 0.25) is 0 Å². The first-order valence-corrected chi connectivity index (χ1v) is 7.66. The Morgan fingerprint density at radius 1 is 1.28 bits per heavy atom. The van der Waals surface area contributed by atoms with Gasteiger partial charge in [-0.15, -0.1) is 0 Å². The van der Waals surface area contributed by atoms with E-state index in [2.05, 4.69) is 24.3 Å². The first-order chi connectivity index (χ1) is 8.83. The molecule has 0 radical (unpaired) electrons. The summed E-state index contributed by atoms with van der Waals surface area (Å²) in [6, 6.07) is 10.1. The molecule has 0 fully saturated rings. The lowest BCUT2D eigenvalue weighted by atomic mass is 9.92. The number of rotatable bonds is 5. The molecule has 0 heterocycles. The fraction of sp³-hybridized carbons (Fsp3) is 0.333. The van der Waals surface area contributed by atoms with Crippen molar-refractivity contribution in [3.8, 4) is 0 Å². The van der Waals surface area contributed by atoms with E-state index < -0.39 is 11.2 Å². The monoisotopic (exact) mass is 261 g/mol. The third-order valence-electron chi connectivity index (χ3n) is 3.13. The number of allylic oxidation sites excluding steroid dienone is 4. The maximum absolute atomic E-state index is 12.4. The smallest absolute Gasteiger partial charge is 0.147 e. The van der Waals surface area contributed by atoms with E-state index in [1.165, 1.54) is 0 Å². The quantitative estimate of drug-likeness (QED) is 0.828. The summed E-state index contributed by atoms with van der Waals surface area (Å²) in [5.41, 5.74) is 6.70. The van der Waals surface area contributed by atoms with E-state index >= 15 is 0 Å². The Kier molecular flexibility index (Phi) is 5.05. The lowest BCUT2D eigenvalue weighted by Crippen LogP contribution is -2.27. The van der Waals surface area contributed by atoms with Gasteiger partial charge in [0.25, 0.3) is 0 Å². The molecule has 1 aliphatic carbocycles. The Morgan fingerprint density at radius 2 is 2.06 bits per heavy atom. The zero-order valence-corrected chi connectivity index (χ0v) is 11.2. The highest BCUT2D eigenvalue weighted by atomic mass is 32.2. The third kappa shape index (κ3) is 3.25. The molecule has 0 amide bonds. The van der Waals surface area contributed by atoms with Crippen LogP contribution in [0, 0.1) is 5.92 Å². The summed E-state index contributed by atoms with van der Waals surface area (Å²) < 4.78 is 12.4. The van der Waals surface area contributed by atoms with Crippen molar-refractivity contribution in [1.29, 1.82) is 0 Å². The van der Waals surface area contributed by atoms with Gasteiger partial charge in [-0.2, -0.15) is 0 Å². The third-order valence-corrected chi connectivity index (χ3v) is 4.96. The molecule has 1 aliphatic rings. The maximum atomic E-state index is 12.4. The number of benzene rings is 1. The molecule has 2 N–H and O–H groups in total. The molecule has 0 bridgehead atoms. The number of hydrogen-bond acceptors (Lipinski definition) is 2. The molecule has 0 spiro atoms. The van der Waals surface area contributed by atoms with Crippen molar-refractivity contribution in [2.24, 2.45) is 11.7 Å². The summed E-state index contributed by atoms with van der Waals surface area (Å²) >= 11 is -0.916. The second-order valence-corrected chi connectivity index (χ2v) is 6.10. The zero-order valence-electron chi connectivity index (χ0n) is 10.4. The van der Waals surface area contributed by atoms with Crippen LogP contribution in [0.4, 0.5) is 0 Å². The molecule has 0 aliphatic heterocycles. The van der Waals surface area contributed by atoms with Crippen molar-refractivity contribution in [3.63, 3.8) is 0 Å². The summed E-state index contributed by atoms with van der Waals surface area (Å²) in [6.45, 7) is 0.474. The summed E-state index contributed by atoms with van der Waals surface area (Å²) in [5, 5.41) is 0.0518. The van der Waals surface area contributed by atoms with Crippen LogP contribution in [0.3, 0.4) is 0 Å². The second kappa shape index (κ2) is 6.78. The molecule has 2 nitrogen and oxygen atoms in total. The first kappa shape index (κ1) is 13.4. The van der Waals surface area contributed by atoms with E-state index in [1.54, 1.807) is 0 Å². The molecule has 0 saturated heterocycles. The fourth-order valence-electron chi connectivity index (χ4n) is 2.30. The Hall–Kier alpha value is -1.03. The van der Waals surface area contributed by atoms with Gasteiger partial charge in [-0.3, -0.25) is 0 Å². The van der Waals surface area contributed by atoms with Gasteiger partial charge in [-0.05, 0) is 17.6 Å². The van der Waals surface area contributed by atoms with Gasteiger partial charge in [-0.25, -0.2) is 0 Å². The van der Waals surface area contributed by atoms with Crippen molar-refractivity contribution in [2.45, 2.75) is 11.7 Å². The van der Waals surface area contributed by atoms with E-state index in [9.17, 15) is 4.55 Å². The molecule has 3 atom stereocenters. The average Bonchev–Trinajstić information content (AvgIpc) is 2.42. The molecule has 3 heteroatoms. The SMILES string of the molecule is NCC[S+]([O-])C(c1ccccc1)C1C=CC=CC1. The van der Waals surface area contributed by atoms with E-state index in [-0.39, 0.29) is 5.25 Å². The molecule has 96 valence electrons. The number of hydrogen-bond donors (Lipinski definition) is 1. The first-order valence-electron chi connectivity index (χ1n) is 6.28. The van der Waals surface area contributed by atoms with Crippen LogP contribution < -0.4 is 5.73 Å². The van der Waals surface area contributed by atoms with E-state index in [4.69, 9.17) is 5.73 Å². The van der Waals surface area contributed by atoms with Gasteiger partial charge in [0.15, 0.2) is 0 Å². The molecule has 1 aromatic rings. The zero-order chi connectivity index (χ0) is 12.8. The van der Waals surface area contributed by atoms with Gasteiger partial charge in [0.05, 0.1) is 0 Å². The van der Waals surface area contributed by atoms with Crippen LogP contribution in [-0.4, -0.2) is 16.9 Å². The highest BCUT2D eigenvalue weighted by molar-refractivity contribution is 7.91. The second-order valence-electron chi connectivity index (χ2n) is 4.42. The summed E-state index contributed by atoms with van der Waals surface area (Å²) in [6.07, 6.45) is 9.34. The van der Waals surface area contributed by atoms with Gasteiger partial charge in [-0.1, -0.05) is 54.6 Å². The van der Waals surface area contributed by atoms with Crippen molar-refractivity contribution < 1.29 is 4.55 Å². The van der Waals surface area contributed by atoms with Crippen molar-refractivity contribution in [2.75, 3.05) is 12.3 Å². The fourth-order valence-corrected chi connectivity index (χ4v) is 3.84. The van der Waals surface area contributed by atoms with E-state index in [0.29, 0.717) is 18.2 Å². The summed E-state index contributed by atoms with van der Waals surface area (Å²) in [5.74, 6) is 0.873. The van der Waals surface area contributed by atoms with E-state index in [0.717, 1.165) is 12.0 Å².